The summed E-state index contributed by atoms with van der Waals surface area (Å²) < 4.78 is 0. The number of rotatable bonds is 3. The highest BCUT2D eigenvalue weighted by Crippen LogP contribution is 2.26. The lowest BCUT2D eigenvalue weighted by Crippen LogP contribution is -2.12. The third kappa shape index (κ3) is 3.40. The van der Waals surface area contributed by atoms with E-state index in [2.05, 4.69) is 10.6 Å². The van der Waals surface area contributed by atoms with Crippen LogP contribution in [-0.2, 0) is 0 Å². The molecule has 1 amide bonds. The molecule has 5 heteroatoms. The van der Waals surface area contributed by atoms with E-state index in [9.17, 15) is 4.79 Å². The molecule has 0 unspecified atom stereocenters. The molecule has 98 valence electrons. The Morgan fingerprint density at radius 3 is 2.58 bits per heavy atom. The van der Waals surface area contributed by atoms with Crippen LogP contribution in [0.3, 0.4) is 0 Å². The summed E-state index contributed by atoms with van der Waals surface area (Å²) in [5.41, 5.74) is 1.91. The minimum atomic E-state index is -0.252. The first kappa shape index (κ1) is 13.7. The van der Waals surface area contributed by atoms with E-state index in [1.807, 2.05) is 6.07 Å². The van der Waals surface area contributed by atoms with E-state index in [1.165, 1.54) is 0 Å². The highest BCUT2D eigenvalue weighted by atomic mass is 35.5. The van der Waals surface area contributed by atoms with Gasteiger partial charge >= 0.3 is 0 Å². The quantitative estimate of drug-likeness (QED) is 0.887. The van der Waals surface area contributed by atoms with Gasteiger partial charge in [-0.25, -0.2) is 0 Å². The van der Waals surface area contributed by atoms with E-state index < -0.39 is 0 Å². The van der Waals surface area contributed by atoms with E-state index in [0.29, 0.717) is 21.3 Å². The lowest BCUT2D eigenvalue weighted by Gasteiger charge is -2.09. The molecular weight excluding hydrogens is 283 g/mol. The maximum Gasteiger partial charge on any atom is 0.255 e. The number of carbonyl (C=O) groups excluding carboxylic acids is 1. The molecule has 19 heavy (non-hydrogen) atoms. The summed E-state index contributed by atoms with van der Waals surface area (Å²) in [5.74, 6) is -0.252. The number of carbonyl (C=O) groups is 1. The molecule has 0 aliphatic carbocycles. The fraction of sp³-hybridized carbons (Fsp3) is 0.0714. The molecule has 2 aromatic carbocycles. The van der Waals surface area contributed by atoms with Crippen molar-refractivity contribution < 1.29 is 4.79 Å². The minimum Gasteiger partial charge on any atom is -0.388 e. The standard InChI is InChI=1S/C14H12Cl2N2O/c1-17-11-5-6-12(16)13(8-11)18-14(19)9-3-2-4-10(15)7-9/h2-8,17H,1H3,(H,18,19). The predicted octanol–water partition coefficient (Wildman–Crippen LogP) is 4.29. The van der Waals surface area contributed by atoms with Crippen LogP contribution in [0.15, 0.2) is 42.5 Å². The second-order valence-electron chi connectivity index (χ2n) is 3.91. The highest BCUT2D eigenvalue weighted by Gasteiger charge is 2.09. The van der Waals surface area contributed by atoms with Crippen molar-refractivity contribution in [3.05, 3.63) is 58.1 Å². The topological polar surface area (TPSA) is 41.1 Å². The van der Waals surface area contributed by atoms with Crippen LogP contribution in [0.4, 0.5) is 11.4 Å². The molecule has 0 bridgehead atoms. The molecule has 0 saturated carbocycles. The van der Waals surface area contributed by atoms with Gasteiger partial charge in [0, 0.05) is 23.3 Å². The molecule has 0 fully saturated rings. The van der Waals surface area contributed by atoms with Gasteiger partial charge in [0.25, 0.3) is 5.91 Å². The molecule has 0 saturated heterocycles. The summed E-state index contributed by atoms with van der Waals surface area (Å²) in [7, 11) is 1.80. The van der Waals surface area contributed by atoms with Crippen molar-refractivity contribution in [3.63, 3.8) is 0 Å². The van der Waals surface area contributed by atoms with Gasteiger partial charge in [0.05, 0.1) is 10.7 Å². The number of hydrogen-bond acceptors (Lipinski definition) is 2. The monoisotopic (exact) mass is 294 g/mol. The van der Waals surface area contributed by atoms with Crippen molar-refractivity contribution in [1.82, 2.24) is 0 Å². The van der Waals surface area contributed by atoms with Gasteiger partial charge in [-0.1, -0.05) is 29.3 Å². The van der Waals surface area contributed by atoms with Crippen LogP contribution < -0.4 is 10.6 Å². The first-order chi connectivity index (χ1) is 9.10. The maximum atomic E-state index is 12.1. The summed E-state index contributed by atoms with van der Waals surface area (Å²) in [6.07, 6.45) is 0. The van der Waals surface area contributed by atoms with Crippen LogP contribution in [-0.4, -0.2) is 13.0 Å². The molecule has 2 rings (SSSR count). The Kier molecular flexibility index (Phi) is 4.30. The van der Waals surface area contributed by atoms with E-state index in [4.69, 9.17) is 23.2 Å². The zero-order chi connectivity index (χ0) is 13.8. The summed E-state index contributed by atoms with van der Waals surface area (Å²) >= 11 is 11.9. The van der Waals surface area contributed by atoms with Gasteiger partial charge in [-0.2, -0.15) is 0 Å². The lowest BCUT2D eigenvalue weighted by atomic mass is 10.2. The van der Waals surface area contributed by atoms with E-state index in [-0.39, 0.29) is 5.91 Å². The first-order valence-corrected chi connectivity index (χ1v) is 6.40. The average molecular weight is 295 g/mol. The Labute approximate surface area is 121 Å². The van der Waals surface area contributed by atoms with Crippen molar-refractivity contribution in [3.8, 4) is 0 Å². The largest absolute Gasteiger partial charge is 0.388 e. The number of amides is 1. The highest BCUT2D eigenvalue weighted by molar-refractivity contribution is 6.34. The van der Waals surface area contributed by atoms with Gasteiger partial charge in [-0.3, -0.25) is 4.79 Å². The summed E-state index contributed by atoms with van der Waals surface area (Å²) in [6.45, 7) is 0. The maximum absolute atomic E-state index is 12.1. The number of nitrogens with one attached hydrogen (secondary N) is 2. The zero-order valence-corrected chi connectivity index (χ0v) is 11.7. The lowest BCUT2D eigenvalue weighted by molar-refractivity contribution is 0.102. The van der Waals surface area contributed by atoms with Crippen LogP contribution >= 0.6 is 23.2 Å². The number of anilines is 2. The molecule has 2 aromatic rings. The van der Waals surface area contributed by atoms with Gasteiger partial charge in [0.1, 0.15) is 0 Å². The van der Waals surface area contributed by atoms with Gasteiger partial charge in [0.15, 0.2) is 0 Å². The molecule has 0 aliphatic rings. The van der Waals surface area contributed by atoms with Crippen molar-refractivity contribution >= 4 is 40.5 Å². The van der Waals surface area contributed by atoms with Crippen LogP contribution in [0.25, 0.3) is 0 Å². The smallest absolute Gasteiger partial charge is 0.255 e. The minimum absolute atomic E-state index is 0.252. The first-order valence-electron chi connectivity index (χ1n) is 5.64. The SMILES string of the molecule is CNc1ccc(Cl)c(NC(=O)c2cccc(Cl)c2)c1. The number of benzene rings is 2. The second-order valence-corrected chi connectivity index (χ2v) is 4.75. The Morgan fingerprint density at radius 2 is 1.89 bits per heavy atom. The number of halogens is 2. The molecule has 0 spiro atoms. The Morgan fingerprint density at radius 1 is 1.11 bits per heavy atom. The molecule has 0 heterocycles. The third-order valence-electron chi connectivity index (χ3n) is 2.59. The van der Waals surface area contributed by atoms with Gasteiger partial charge in [-0.05, 0) is 36.4 Å². The van der Waals surface area contributed by atoms with E-state index >= 15 is 0 Å². The van der Waals surface area contributed by atoms with Crippen LogP contribution in [0.1, 0.15) is 10.4 Å². The Hall–Kier alpha value is -1.71. The summed E-state index contributed by atoms with van der Waals surface area (Å²) in [6, 6.07) is 12.1. The van der Waals surface area contributed by atoms with Crippen LogP contribution in [0.2, 0.25) is 10.0 Å². The second kappa shape index (κ2) is 5.95. The third-order valence-corrected chi connectivity index (χ3v) is 3.15. The Bertz CT molecular complexity index is 614. The van der Waals surface area contributed by atoms with Crippen molar-refractivity contribution in [1.29, 1.82) is 0 Å². The van der Waals surface area contributed by atoms with Crippen molar-refractivity contribution in [2.45, 2.75) is 0 Å². The Balaban J connectivity index is 2.23. The van der Waals surface area contributed by atoms with E-state index in [1.54, 1.807) is 43.4 Å². The van der Waals surface area contributed by atoms with Crippen LogP contribution in [0.5, 0.6) is 0 Å². The van der Waals surface area contributed by atoms with Crippen LogP contribution in [0, 0.1) is 0 Å². The van der Waals surface area contributed by atoms with Gasteiger partial charge < -0.3 is 10.6 Å². The molecule has 0 aliphatic heterocycles. The summed E-state index contributed by atoms with van der Waals surface area (Å²) in [5, 5.41) is 6.74. The molecule has 0 atom stereocenters. The fourth-order valence-electron chi connectivity index (χ4n) is 1.60. The van der Waals surface area contributed by atoms with Gasteiger partial charge in [0.2, 0.25) is 0 Å². The van der Waals surface area contributed by atoms with Crippen molar-refractivity contribution in [2.75, 3.05) is 17.7 Å². The predicted molar refractivity (Wildman–Crippen MR) is 80.4 cm³/mol. The molecule has 3 nitrogen and oxygen atoms in total. The number of hydrogen-bond donors (Lipinski definition) is 2. The normalized spacial score (nSPS) is 10.1. The molecular formula is C14H12Cl2N2O. The molecule has 0 radical (unpaired) electrons. The average Bonchev–Trinajstić information content (AvgIpc) is 2.41. The van der Waals surface area contributed by atoms with E-state index in [0.717, 1.165) is 5.69 Å². The summed E-state index contributed by atoms with van der Waals surface area (Å²) in [4.78, 5) is 12.1. The van der Waals surface area contributed by atoms with Gasteiger partial charge in [-0.15, -0.1) is 0 Å². The molecule has 0 aromatic heterocycles. The molecule has 2 N–H and O–H groups in total. The van der Waals surface area contributed by atoms with Crippen molar-refractivity contribution in [2.24, 2.45) is 0 Å². The fourth-order valence-corrected chi connectivity index (χ4v) is 1.96. The zero-order valence-electron chi connectivity index (χ0n) is 10.2.